The predicted octanol–water partition coefficient (Wildman–Crippen LogP) is 1.84. The molecule has 1 rings (SSSR count). The SMILES string of the molecule is COCC1=C(F)C(F)(F)C1F. The molecule has 0 spiro atoms. The second kappa shape index (κ2) is 2.48. The van der Waals surface area contributed by atoms with Gasteiger partial charge in [0.25, 0.3) is 0 Å². The minimum absolute atomic E-state index is 0.414. The minimum Gasteiger partial charge on any atom is -0.380 e. The Labute approximate surface area is 60.6 Å². The van der Waals surface area contributed by atoms with E-state index < -0.39 is 30.1 Å². The smallest absolute Gasteiger partial charge is 0.333 e. The summed E-state index contributed by atoms with van der Waals surface area (Å²) in [4.78, 5) is 0. The zero-order valence-corrected chi connectivity index (χ0v) is 5.70. The molecule has 0 radical (unpaired) electrons. The van der Waals surface area contributed by atoms with E-state index in [0.29, 0.717) is 0 Å². The summed E-state index contributed by atoms with van der Waals surface area (Å²) in [7, 11) is 1.18. The van der Waals surface area contributed by atoms with E-state index in [1.165, 1.54) is 7.11 Å². The third-order valence-corrected chi connectivity index (χ3v) is 1.50. The molecule has 0 aromatic heterocycles. The van der Waals surface area contributed by atoms with E-state index in [2.05, 4.69) is 4.74 Å². The third-order valence-electron chi connectivity index (χ3n) is 1.50. The number of ether oxygens (including phenoxy) is 1. The average Bonchev–Trinajstić information content (AvgIpc) is 1.98. The van der Waals surface area contributed by atoms with Crippen molar-refractivity contribution >= 4 is 0 Å². The molecule has 1 atom stereocenters. The zero-order chi connectivity index (χ0) is 8.65. The summed E-state index contributed by atoms with van der Waals surface area (Å²) < 4.78 is 52.9. The highest BCUT2D eigenvalue weighted by Gasteiger charge is 2.58. The monoisotopic (exact) mass is 170 g/mol. The van der Waals surface area contributed by atoms with Gasteiger partial charge >= 0.3 is 5.92 Å². The summed E-state index contributed by atoms with van der Waals surface area (Å²) in [5.41, 5.74) is -0.586. The Bertz CT molecular complexity index is 199. The average molecular weight is 170 g/mol. The van der Waals surface area contributed by atoms with Crippen LogP contribution < -0.4 is 0 Å². The van der Waals surface area contributed by atoms with Crippen LogP contribution in [0.5, 0.6) is 0 Å². The molecule has 1 aliphatic carbocycles. The molecule has 0 N–H and O–H groups in total. The summed E-state index contributed by atoms with van der Waals surface area (Å²) in [5.74, 6) is -5.61. The van der Waals surface area contributed by atoms with Gasteiger partial charge in [-0.3, -0.25) is 0 Å². The maximum atomic E-state index is 12.3. The highest BCUT2D eigenvalue weighted by molar-refractivity contribution is 5.35. The first-order chi connectivity index (χ1) is 5.01. The van der Waals surface area contributed by atoms with Crippen LogP contribution in [0.3, 0.4) is 0 Å². The van der Waals surface area contributed by atoms with E-state index in [9.17, 15) is 17.6 Å². The van der Waals surface area contributed by atoms with Crippen molar-refractivity contribution in [3.8, 4) is 0 Å². The Morgan fingerprint density at radius 3 is 2.45 bits per heavy atom. The van der Waals surface area contributed by atoms with E-state index in [1.807, 2.05) is 0 Å². The maximum Gasteiger partial charge on any atom is 0.333 e. The fraction of sp³-hybridized carbons (Fsp3) is 0.667. The zero-order valence-electron chi connectivity index (χ0n) is 5.70. The van der Waals surface area contributed by atoms with E-state index in [-0.39, 0.29) is 0 Å². The molecule has 0 fully saturated rings. The van der Waals surface area contributed by atoms with Crippen LogP contribution in [-0.4, -0.2) is 25.8 Å². The molecule has 0 aliphatic heterocycles. The second-order valence-electron chi connectivity index (χ2n) is 2.26. The van der Waals surface area contributed by atoms with Gasteiger partial charge in [-0.25, -0.2) is 8.78 Å². The lowest BCUT2D eigenvalue weighted by Gasteiger charge is -2.31. The number of methoxy groups -OCH3 is 1. The van der Waals surface area contributed by atoms with Crippen LogP contribution in [0.1, 0.15) is 0 Å². The standard InChI is InChI=1S/C6H6F4O/c1-11-2-3-4(7)6(9,10)5(3)8/h4H,2H2,1H3. The topological polar surface area (TPSA) is 9.23 Å². The molecule has 5 heteroatoms. The van der Waals surface area contributed by atoms with Crippen LogP contribution in [0, 0.1) is 0 Å². The third kappa shape index (κ3) is 1.03. The Morgan fingerprint density at radius 2 is 2.09 bits per heavy atom. The Kier molecular flexibility index (Phi) is 1.92. The second-order valence-corrected chi connectivity index (χ2v) is 2.26. The van der Waals surface area contributed by atoms with E-state index in [4.69, 9.17) is 0 Å². The summed E-state index contributed by atoms with van der Waals surface area (Å²) in [6, 6.07) is 0. The Morgan fingerprint density at radius 1 is 1.55 bits per heavy atom. The van der Waals surface area contributed by atoms with Crippen molar-refractivity contribution in [3.05, 3.63) is 11.4 Å². The summed E-state index contributed by atoms with van der Waals surface area (Å²) >= 11 is 0. The minimum atomic E-state index is -3.92. The number of hydrogen-bond acceptors (Lipinski definition) is 1. The Hall–Kier alpha value is -0.580. The lowest BCUT2D eigenvalue weighted by atomic mass is 9.91. The first kappa shape index (κ1) is 8.52. The molecular weight excluding hydrogens is 164 g/mol. The van der Waals surface area contributed by atoms with Crippen LogP contribution in [0.4, 0.5) is 17.6 Å². The van der Waals surface area contributed by atoms with E-state index >= 15 is 0 Å². The highest BCUT2D eigenvalue weighted by atomic mass is 19.3. The van der Waals surface area contributed by atoms with Crippen molar-refractivity contribution in [2.75, 3.05) is 13.7 Å². The number of allylic oxidation sites excluding steroid dienone is 1. The molecular formula is C6H6F4O. The Balaban J connectivity index is 2.76. The van der Waals surface area contributed by atoms with Crippen molar-refractivity contribution in [2.45, 2.75) is 12.1 Å². The lowest BCUT2D eigenvalue weighted by molar-refractivity contribution is -0.0790. The van der Waals surface area contributed by atoms with Crippen molar-refractivity contribution in [1.29, 1.82) is 0 Å². The fourth-order valence-electron chi connectivity index (χ4n) is 0.870. The number of alkyl halides is 3. The molecule has 1 nitrogen and oxygen atoms in total. The van der Waals surface area contributed by atoms with Gasteiger partial charge in [-0.15, -0.1) is 0 Å². The van der Waals surface area contributed by atoms with Crippen LogP contribution in [0.25, 0.3) is 0 Å². The van der Waals surface area contributed by atoms with Gasteiger partial charge < -0.3 is 4.74 Å². The van der Waals surface area contributed by atoms with Crippen molar-refractivity contribution < 1.29 is 22.3 Å². The van der Waals surface area contributed by atoms with Gasteiger partial charge in [0.15, 0.2) is 12.0 Å². The number of hydrogen-bond donors (Lipinski definition) is 0. The van der Waals surface area contributed by atoms with Gasteiger partial charge in [0, 0.05) is 12.7 Å². The quantitative estimate of drug-likeness (QED) is 0.574. The maximum absolute atomic E-state index is 12.3. The summed E-state index contributed by atoms with van der Waals surface area (Å²) in [6.07, 6.45) is -2.51. The molecule has 0 amide bonds. The molecule has 0 heterocycles. The fourth-order valence-corrected chi connectivity index (χ4v) is 0.870. The normalized spacial score (nSPS) is 28.6. The molecule has 0 aromatic rings. The molecule has 0 bridgehead atoms. The molecule has 1 unspecified atom stereocenters. The lowest BCUT2D eigenvalue weighted by Crippen LogP contribution is -2.44. The largest absolute Gasteiger partial charge is 0.380 e. The summed E-state index contributed by atoms with van der Waals surface area (Å²) in [5, 5.41) is 0. The number of rotatable bonds is 2. The molecule has 64 valence electrons. The van der Waals surface area contributed by atoms with E-state index in [0.717, 1.165) is 0 Å². The highest BCUT2D eigenvalue weighted by Crippen LogP contribution is 2.46. The van der Waals surface area contributed by atoms with E-state index in [1.54, 1.807) is 0 Å². The number of halogens is 4. The van der Waals surface area contributed by atoms with Crippen molar-refractivity contribution in [3.63, 3.8) is 0 Å². The van der Waals surface area contributed by atoms with Gasteiger partial charge in [-0.2, -0.15) is 8.78 Å². The molecule has 0 saturated heterocycles. The van der Waals surface area contributed by atoms with Gasteiger partial charge in [-0.1, -0.05) is 0 Å². The van der Waals surface area contributed by atoms with Crippen molar-refractivity contribution in [2.24, 2.45) is 0 Å². The van der Waals surface area contributed by atoms with Crippen LogP contribution in [0.15, 0.2) is 11.4 Å². The van der Waals surface area contributed by atoms with Crippen LogP contribution in [-0.2, 0) is 4.74 Å². The first-order valence-electron chi connectivity index (χ1n) is 2.91. The molecule has 11 heavy (non-hydrogen) atoms. The van der Waals surface area contributed by atoms with Crippen LogP contribution in [0.2, 0.25) is 0 Å². The first-order valence-corrected chi connectivity index (χ1v) is 2.91. The predicted molar refractivity (Wildman–Crippen MR) is 29.9 cm³/mol. The molecule has 1 aliphatic rings. The van der Waals surface area contributed by atoms with Gasteiger partial charge in [0.05, 0.1) is 6.61 Å². The van der Waals surface area contributed by atoms with Gasteiger partial charge in [-0.05, 0) is 0 Å². The summed E-state index contributed by atoms with van der Waals surface area (Å²) in [6.45, 7) is -0.414. The van der Waals surface area contributed by atoms with Gasteiger partial charge in [0.1, 0.15) is 0 Å². The molecule has 0 saturated carbocycles. The van der Waals surface area contributed by atoms with Crippen molar-refractivity contribution in [1.82, 2.24) is 0 Å². The van der Waals surface area contributed by atoms with Gasteiger partial charge in [0.2, 0.25) is 0 Å². The van der Waals surface area contributed by atoms with Crippen LogP contribution >= 0.6 is 0 Å². The molecule has 0 aromatic carbocycles.